The molecule has 1 amide bonds. The largest absolute Gasteiger partial charge is 0.319 e. The van der Waals surface area contributed by atoms with E-state index in [4.69, 9.17) is 11.6 Å². The third kappa shape index (κ3) is 3.05. The van der Waals surface area contributed by atoms with Crippen LogP contribution in [0.25, 0.3) is 0 Å². The van der Waals surface area contributed by atoms with E-state index in [2.05, 4.69) is 31.2 Å². The molecule has 0 radical (unpaired) electrons. The lowest BCUT2D eigenvalue weighted by atomic mass is 10.2. The molecule has 0 atom stereocenters. The van der Waals surface area contributed by atoms with Crippen molar-refractivity contribution in [3.63, 3.8) is 0 Å². The molecule has 92 valence electrons. The molecule has 0 bridgehead atoms. The van der Waals surface area contributed by atoms with Crippen molar-refractivity contribution in [3.8, 4) is 0 Å². The van der Waals surface area contributed by atoms with Crippen molar-refractivity contribution in [2.24, 2.45) is 0 Å². The van der Waals surface area contributed by atoms with Gasteiger partial charge in [-0.05, 0) is 46.6 Å². The summed E-state index contributed by atoms with van der Waals surface area (Å²) in [7, 11) is 0. The van der Waals surface area contributed by atoms with Gasteiger partial charge in [0.25, 0.3) is 5.91 Å². The summed E-state index contributed by atoms with van der Waals surface area (Å²) in [5.74, 6) is -0.274. The topological polar surface area (TPSA) is 54.9 Å². The fraction of sp³-hybridized carbons (Fsp3) is 0.0833. The van der Waals surface area contributed by atoms with Gasteiger partial charge < -0.3 is 5.32 Å². The Morgan fingerprint density at radius 1 is 1.33 bits per heavy atom. The van der Waals surface area contributed by atoms with Gasteiger partial charge in [0.15, 0.2) is 5.15 Å². The number of carbonyl (C=O) groups excluding carboxylic acids is 1. The van der Waals surface area contributed by atoms with Crippen molar-refractivity contribution in [3.05, 3.63) is 51.5 Å². The minimum absolute atomic E-state index is 0.263. The molecule has 0 fully saturated rings. The number of anilines is 1. The van der Waals surface area contributed by atoms with Gasteiger partial charge in [-0.15, -0.1) is 0 Å². The zero-order valence-electron chi connectivity index (χ0n) is 9.45. The molecule has 2 heterocycles. The molecule has 4 nitrogen and oxygen atoms in total. The van der Waals surface area contributed by atoms with Crippen molar-refractivity contribution >= 4 is 39.1 Å². The molecule has 2 aromatic heterocycles. The SMILES string of the molecule is Cc1cnc(Cl)c(NC(=O)c2ccc(Br)nc2)c1. The lowest BCUT2D eigenvalue weighted by molar-refractivity contribution is 0.102. The zero-order valence-corrected chi connectivity index (χ0v) is 11.8. The van der Waals surface area contributed by atoms with Gasteiger partial charge in [0.1, 0.15) is 4.60 Å². The number of rotatable bonds is 2. The predicted molar refractivity (Wildman–Crippen MR) is 73.9 cm³/mol. The summed E-state index contributed by atoms with van der Waals surface area (Å²) in [6.07, 6.45) is 3.12. The van der Waals surface area contributed by atoms with Crippen LogP contribution in [0, 0.1) is 6.92 Å². The van der Waals surface area contributed by atoms with Gasteiger partial charge >= 0.3 is 0 Å². The Morgan fingerprint density at radius 3 is 2.78 bits per heavy atom. The van der Waals surface area contributed by atoms with E-state index < -0.39 is 0 Å². The van der Waals surface area contributed by atoms with Crippen LogP contribution in [0.3, 0.4) is 0 Å². The molecular weight excluding hydrogens is 318 g/mol. The molecule has 2 rings (SSSR count). The first-order valence-corrected chi connectivity index (χ1v) is 6.28. The number of nitrogens with zero attached hydrogens (tertiary/aromatic N) is 2. The quantitative estimate of drug-likeness (QED) is 0.860. The van der Waals surface area contributed by atoms with Crippen molar-refractivity contribution < 1.29 is 4.79 Å². The fourth-order valence-electron chi connectivity index (χ4n) is 1.34. The highest BCUT2D eigenvalue weighted by atomic mass is 79.9. The van der Waals surface area contributed by atoms with Gasteiger partial charge in [0, 0.05) is 12.4 Å². The molecule has 2 aromatic rings. The summed E-state index contributed by atoms with van der Waals surface area (Å²) < 4.78 is 0.675. The third-order valence-corrected chi connectivity index (χ3v) is 2.98. The van der Waals surface area contributed by atoms with Crippen LogP contribution >= 0.6 is 27.5 Å². The normalized spacial score (nSPS) is 10.2. The molecule has 1 N–H and O–H groups in total. The van der Waals surface area contributed by atoms with E-state index in [0.29, 0.717) is 15.9 Å². The monoisotopic (exact) mass is 325 g/mol. The number of hydrogen-bond donors (Lipinski definition) is 1. The van der Waals surface area contributed by atoms with E-state index in [9.17, 15) is 4.79 Å². The van der Waals surface area contributed by atoms with Crippen LogP contribution < -0.4 is 5.32 Å². The van der Waals surface area contributed by atoms with E-state index in [1.54, 1.807) is 24.4 Å². The Morgan fingerprint density at radius 2 is 2.11 bits per heavy atom. The van der Waals surface area contributed by atoms with Crippen molar-refractivity contribution in [2.75, 3.05) is 5.32 Å². The highest BCUT2D eigenvalue weighted by Crippen LogP contribution is 2.20. The van der Waals surface area contributed by atoms with Gasteiger partial charge in [0.2, 0.25) is 0 Å². The Kier molecular flexibility index (Phi) is 3.93. The van der Waals surface area contributed by atoms with E-state index >= 15 is 0 Å². The number of aryl methyl sites for hydroxylation is 1. The number of aromatic nitrogens is 2. The van der Waals surface area contributed by atoms with Crippen LogP contribution in [0.4, 0.5) is 5.69 Å². The molecule has 0 aliphatic carbocycles. The van der Waals surface area contributed by atoms with Gasteiger partial charge in [-0.2, -0.15) is 0 Å². The Labute approximate surface area is 118 Å². The van der Waals surface area contributed by atoms with Crippen LogP contribution in [0.1, 0.15) is 15.9 Å². The van der Waals surface area contributed by atoms with Gasteiger partial charge in [-0.25, -0.2) is 9.97 Å². The number of pyridine rings is 2. The molecule has 0 saturated carbocycles. The van der Waals surface area contributed by atoms with E-state index in [1.807, 2.05) is 6.92 Å². The maximum Gasteiger partial charge on any atom is 0.257 e. The van der Waals surface area contributed by atoms with Crippen LogP contribution in [0.2, 0.25) is 5.15 Å². The number of amides is 1. The lowest BCUT2D eigenvalue weighted by Gasteiger charge is -2.07. The first-order valence-electron chi connectivity index (χ1n) is 5.11. The minimum Gasteiger partial charge on any atom is -0.319 e. The standard InChI is InChI=1S/C12H9BrClN3O/c1-7-4-9(11(14)16-5-7)17-12(18)8-2-3-10(13)15-6-8/h2-6H,1H3,(H,17,18). The summed E-state index contributed by atoms with van der Waals surface area (Å²) >= 11 is 9.11. The highest BCUT2D eigenvalue weighted by Gasteiger charge is 2.09. The van der Waals surface area contributed by atoms with E-state index in [-0.39, 0.29) is 11.1 Å². The van der Waals surface area contributed by atoms with Crippen molar-refractivity contribution in [1.29, 1.82) is 0 Å². The highest BCUT2D eigenvalue weighted by molar-refractivity contribution is 9.10. The first-order chi connectivity index (χ1) is 8.56. The average molecular weight is 327 g/mol. The Bertz CT molecular complexity index is 586. The molecule has 0 saturated heterocycles. The molecule has 0 spiro atoms. The summed E-state index contributed by atoms with van der Waals surface area (Å²) in [4.78, 5) is 19.9. The maximum absolute atomic E-state index is 11.9. The molecule has 0 aliphatic rings. The van der Waals surface area contributed by atoms with Gasteiger partial charge in [-0.3, -0.25) is 4.79 Å². The van der Waals surface area contributed by atoms with E-state index in [1.165, 1.54) is 6.20 Å². The minimum atomic E-state index is -0.274. The van der Waals surface area contributed by atoms with Gasteiger partial charge in [-0.1, -0.05) is 11.6 Å². The first kappa shape index (κ1) is 13.0. The zero-order chi connectivity index (χ0) is 13.1. The predicted octanol–water partition coefficient (Wildman–Crippen LogP) is 3.45. The molecule has 6 heteroatoms. The third-order valence-electron chi connectivity index (χ3n) is 2.21. The molecular formula is C12H9BrClN3O. The van der Waals surface area contributed by atoms with E-state index in [0.717, 1.165) is 5.56 Å². The summed E-state index contributed by atoms with van der Waals surface area (Å²) in [6.45, 7) is 1.88. The molecule has 0 aliphatic heterocycles. The number of nitrogens with one attached hydrogen (secondary N) is 1. The second-order valence-electron chi connectivity index (χ2n) is 3.67. The van der Waals surface area contributed by atoms with Crippen LogP contribution in [0.15, 0.2) is 35.2 Å². The smallest absolute Gasteiger partial charge is 0.257 e. The van der Waals surface area contributed by atoms with Crippen LogP contribution in [0.5, 0.6) is 0 Å². The summed E-state index contributed by atoms with van der Waals surface area (Å²) in [5.41, 5.74) is 1.86. The second-order valence-corrected chi connectivity index (χ2v) is 4.85. The van der Waals surface area contributed by atoms with Crippen LogP contribution in [-0.2, 0) is 0 Å². The Balaban J connectivity index is 2.21. The second kappa shape index (κ2) is 5.46. The Hall–Kier alpha value is -1.46. The number of carbonyl (C=O) groups is 1. The number of hydrogen-bond acceptors (Lipinski definition) is 3. The lowest BCUT2D eigenvalue weighted by Crippen LogP contribution is -2.12. The molecule has 18 heavy (non-hydrogen) atoms. The fourth-order valence-corrected chi connectivity index (χ4v) is 1.73. The van der Waals surface area contributed by atoms with Crippen molar-refractivity contribution in [1.82, 2.24) is 9.97 Å². The summed E-state index contributed by atoms with van der Waals surface area (Å²) in [6, 6.07) is 5.13. The van der Waals surface area contributed by atoms with Crippen LogP contribution in [-0.4, -0.2) is 15.9 Å². The molecule has 0 aromatic carbocycles. The maximum atomic E-state index is 11.9. The summed E-state index contributed by atoms with van der Waals surface area (Å²) in [5, 5.41) is 2.96. The van der Waals surface area contributed by atoms with Gasteiger partial charge in [0.05, 0.1) is 11.3 Å². The number of halogens is 2. The average Bonchev–Trinajstić information content (AvgIpc) is 2.34. The van der Waals surface area contributed by atoms with Crippen molar-refractivity contribution in [2.45, 2.75) is 6.92 Å². The molecule has 0 unspecified atom stereocenters.